The van der Waals surface area contributed by atoms with Crippen molar-refractivity contribution in [3.05, 3.63) is 0 Å². The standard InChI is InChI=1S/C14H26O3S/c1-5-6-7-11(12(15)17-4)14(16)8-13(2,3)9-18-10-14/h11,16H,5-10H2,1-4H3. The van der Waals surface area contributed by atoms with Gasteiger partial charge in [-0.05, 0) is 24.0 Å². The van der Waals surface area contributed by atoms with E-state index in [0.717, 1.165) is 25.0 Å². The molecule has 1 aliphatic heterocycles. The van der Waals surface area contributed by atoms with Crippen LogP contribution in [0.1, 0.15) is 46.5 Å². The number of ether oxygens (including phenoxy) is 1. The van der Waals surface area contributed by atoms with Crippen LogP contribution in [0.5, 0.6) is 0 Å². The number of hydrogen-bond donors (Lipinski definition) is 1. The Morgan fingerprint density at radius 1 is 1.44 bits per heavy atom. The highest BCUT2D eigenvalue weighted by Crippen LogP contribution is 2.44. The number of methoxy groups -OCH3 is 1. The maximum atomic E-state index is 11.9. The summed E-state index contributed by atoms with van der Waals surface area (Å²) in [5.41, 5.74) is -0.829. The topological polar surface area (TPSA) is 46.5 Å². The molecule has 0 aromatic heterocycles. The predicted octanol–water partition coefficient (Wildman–Crippen LogP) is 2.86. The number of unbranched alkanes of at least 4 members (excludes halogenated alkanes) is 1. The molecule has 0 amide bonds. The Morgan fingerprint density at radius 3 is 2.61 bits per heavy atom. The van der Waals surface area contributed by atoms with E-state index in [2.05, 4.69) is 20.8 Å². The van der Waals surface area contributed by atoms with Gasteiger partial charge in [0, 0.05) is 5.75 Å². The highest BCUT2D eigenvalue weighted by molar-refractivity contribution is 7.99. The van der Waals surface area contributed by atoms with Crippen molar-refractivity contribution < 1.29 is 14.6 Å². The van der Waals surface area contributed by atoms with Crippen molar-refractivity contribution in [3.63, 3.8) is 0 Å². The van der Waals surface area contributed by atoms with E-state index in [1.165, 1.54) is 7.11 Å². The lowest BCUT2D eigenvalue weighted by Crippen LogP contribution is -2.51. The summed E-state index contributed by atoms with van der Waals surface area (Å²) >= 11 is 1.74. The van der Waals surface area contributed by atoms with Crippen LogP contribution in [0.3, 0.4) is 0 Å². The molecule has 4 heteroatoms. The average Bonchev–Trinajstić information content (AvgIpc) is 2.27. The fraction of sp³-hybridized carbons (Fsp3) is 0.929. The van der Waals surface area contributed by atoms with Gasteiger partial charge in [-0.1, -0.05) is 33.6 Å². The molecule has 1 rings (SSSR count). The van der Waals surface area contributed by atoms with Gasteiger partial charge in [-0.3, -0.25) is 4.79 Å². The summed E-state index contributed by atoms with van der Waals surface area (Å²) < 4.78 is 4.89. The zero-order valence-corrected chi connectivity index (χ0v) is 12.8. The molecule has 106 valence electrons. The van der Waals surface area contributed by atoms with Gasteiger partial charge < -0.3 is 9.84 Å². The first-order chi connectivity index (χ1) is 8.34. The monoisotopic (exact) mass is 274 g/mol. The molecular weight excluding hydrogens is 248 g/mol. The molecule has 1 aliphatic rings. The van der Waals surface area contributed by atoms with Gasteiger partial charge in [-0.2, -0.15) is 11.8 Å². The van der Waals surface area contributed by atoms with Crippen LogP contribution in [0, 0.1) is 11.3 Å². The average molecular weight is 274 g/mol. The second-order valence-electron chi connectivity index (χ2n) is 6.16. The lowest BCUT2D eigenvalue weighted by Gasteiger charge is -2.44. The largest absolute Gasteiger partial charge is 0.469 e. The summed E-state index contributed by atoms with van der Waals surface area (Å²) in [5, 5.41) is 10.9. The van der Waals surface area contributed by atoms with Crippen LogP contribution in [0.15, 0.2) is 0 Å². The molecule has 1 heterocycles. The molecule has 0 aliphatic carbocycles. The maximum absolute atomic E-state index is 11.9. The van der Waals surface area contributed by atoms with Crippen molar-refractivity contribution in [2.75, 3.05) is 18.6 Å². The number of carbonyl (C=O) groups excluding carboxylic acids is 1. The van der Waals surface area contributed by atoms with Gasteiger partial charge >= 0.3 is 5.97 Å². The zero-order chi connectivity index (χ0) is 13.8. The number of hydrogen-bond acceptors (Lipinski definition) is 4. The summed E-state index contributed by atoms with van der Waals surface area (Å²) in [4.78, 5) is 11.9. The summed E-state index contributed by atoms with van der Waals surface area (Å²) in [6.45, 7) is 6.40. The van der Waals surface area contributed by atoms with Gasteiger partial charge in [0.2, 0.25) is 0 Å². The van der Waals surface area contributed by atoms with Crippen molar-refractivity contribution in [2.24, 2.45) is 11.3 Å². The highest BCUT2D eigenvalue weighted by Gasteiger charge is 2.47. The Bertz CT molecular complexity index is 291. The first-order valence-electron chi connectivity index (χ1n) is 6.72. The van der Waals surface area contributed by atoms with Crippen LogP contribution >= 0.6 is 11.8 Å². The molecule has 0 aromatic rings. The fourth-order valence-corrected chi connectivity index (χ4v) is 4.23. The third-order valence-electron chi connectivity index (χ3n) is 3.61. The number of carbonyl (C=O) groups is 1. The lowest BCUT2D eigenvalue weighted by molar-refractivity contribution is -0.157. The minimum absolute atomic E-state index is 0.0795. The maximum Gasteiger partial charge on any atom is 0.311 e. The smallest absolute Gasteiger partial charge is 0.311 e. The van der Waals surface area contributed by atoms with Crippen molar-refractivity contribution >= 4 is 17.7 Å². The van der Waals surface area contributed by atoms with Crippen LogP contribution < -0.4 is 0 Å². The molecule has 2 atom stereocenters. The first kappa shape index (κ1) is 15.8. The third kappa shape index (κ3) is 3.89. The third-order valence-corrected chi connectivity index (χ3v) is 5.30. The molecule has 18 heavy (non-hydrogen) atoms. The van der Waals surface area contributed by atoms with Crippen molar-refractivity contribution in [3.8, 4) is 0 Å². The van der Waals surface area contributed by atoms with Crippen LogP contribution in [-0.4, -0.2) is 35.3 Å². The summed E-state index contributed by atoms with van der Waals surface area (Å²) in [7, 11) is 1.41. The van der Waals surface area contributed by atoms with Gasteiger partial charge in [0.25, 0.3) is 0 Å². The second kappa shape index (κ2) is 6.29. The van der Waals surface area contributed by atoms with Gasteiger partial charge in [0.1, 0.15) is 0 Å². The summed E-state index contributed by atoms with van der Waals surface area (Å²) in [6.07, 6.45) is 3.38. The SMILES string of the molecule is CCCCC(C(=O)OC)C1(O)CSCC(C)(C)C1. The van der Waals surface area contributed by atoms with E-state index in [4.69, 9.17) is 4.74 Å². The predicted molar refractivity (Wildman–Crippen MR) is 75.7 cm³/mol. The molecule has 1 fully saturated rings. The van der Waals surface area contributed by atoms with E-state index >= 15 is 0 Å². The van der Waals surface area contributed by atoms with E-state index in [1.807, 2.05) is 0 Å². The van der Waals surface area contributed by atoms with Crippen LogP contribution in [-0.2, 0) is 9.53 Å². The molecule has 1 saturated heterocycles. The van der Waals surface area contributed by atoms with Crippen molar-refractivity contribution in [1.29, 1.82) is 0 Å². The number of thioether (sulfide) groups is 1. The number of rotatable bonds is 5. The van der Waals surface area contributed by atoms with E-state index in [1.54, 1.807) is 11.8 Å². The fourth-order valence-electron chi connectivity index (χ4n) is 2.82. The number of esters is 1. The molecule has 0 bridgehead atoms. The van der Waals surface area contributed by atoms with Crippen molar-refractivity contribution in [1.82, 2.24) is 0 Å². The van der Waals surface area contributed by atoms with E-state index in [-0.39, 0.29) is 17.3 Å². The highest BCUT2D eigenvalue weighted by atomic mass is 32.2. The molecular formula is C14H26O3S. The number of aliphatic hydroxyl groups is 1. The molecule has 2 unspecified atom stereocenters. The van der Waals surface area contributed by atoms with E-state index in [0.29, 0.717) is 12.2 Å². The normalized spacial score (nSPS) is 28.7. The van der Waals surface area contributed by atoms with Crippen LogP contribution in [0.25, 0.3) is 0 Å². The minimum Gasteiger partial charge on any atom is -0.469 e. The Balaban J connectivity index is 2.84. The first-order valence-corrected chi connectivity index (χ1v) is 7.88. The molecule has 0 aromatic carbocycles. The van der Waals surface area contributed by atoms with Crippen molar-refractivity contribution in [2.45, 2.75) is 52.1 Å². The summed E-state index contributed by atoms with van der Waals surface area (Å²) in [6, 6.07) is 0. The molecule has 0 saturated carbocycles. The molecule has 1 N–H and O–H groups in total. The van der Waals surface area contributed by atoms with Crippen LogP contribution in [0.2, 0.25) is 0 Å². The van der Waals surface area contributed by atoms with Crippen LogP contribution in [0.4, 0.5) is 0 Å². The van der Waals surface area contributed by atoms with Gasteiger partial charge in [-0.25, -0.2) is 0 Å². The van der Waals surface area contributed by atoms with Gasteiger partial charge in [0.05, 0.1) is 18.6 Å². The van der Waals surface area contributed by atoms with Gasteiger partial charge in [-0.15, -0.1) is 0 Å². The molecule has 3 nitrogen and oxygen atoms in total. The molecule has 0 spiro atoms. The Morgan fingerprint density at radius 2 is 2.11 bits per heavy atom. The van der Waals surface area contributed by atoms with Gasteiger partial charge in [0.15, 0.2) is 0 Å². The lowest BCUT2D eigenvalue weighted by atomic mass is 9.74. The quantitative estimate of drug-likeness (QED) is 0.783. The van der Waals surface area contributed by atoms with E-state index in [9.17, 15) is 9.90 Å². The Hall–Kier alpha value is -0.220. The zero-order valence-electron chi connectivity index (χ0n) is 12.0. The minimum atomic E-state index is -0.908. The molecule has 0 radical (unpaired) electrons. The Kier molecular flexibility index (Phi) is 5.53. The van der Waals surface area contributed by atoms with E-state index < -0.39 is 5.60 Å². The summed E-state index contributed by atoms with van der Waals surface area (Å²) in [5.74, 6) is 1.04. The Labute approximate surface area is 115 Å². The second-order valence-corrected chi connectivity index (χ2v) is 7.14.